The summed E-state index contributed by atoms with van der Waals surface area (Å²) >= 11 is -1.51. The molecule has 1 aliphatic rings. The molecular formula is C6H12O3S. The van der Waals surface area contributed by atoms with E-state index in [-0.39, 0.29) is 6.10 Å². The van der Waals surface area contributed by atoms with Gasteiger partial charge in [-0.05, 0) is 19.3 Å². The molecule has 1 heterocycles. The first-order chi connectivity index (χ1) is 4.68. The highest BCUT2D eigenvalue weighted by Crippen LogP contribution is 2.15. The second-order valence-electron chi connectivity index (χ2n) is 2.74. The first kappa shape index (κ1) is 8.17. The average molecular weight is 164 g/mol. The third-order valence-corrected chi connectivity index (χ3v) is 2.24. The summed E-state index contributed by atoms with van der Waals surface area (Å²) in [6.07, 6.45) is 0.976. The Balaban J connectivity index is 2.46. The summed E-state index contributed by atoms with van der Waals surface area (Å²) in [5, 5.41) is 0. The van der Waals surface area contributed by atoms with Gasteiger partial charge in [0.15, 0.2) is 0 Å². The topological polar surface area (TPSA) is 35.5 Å². The normalized spacial score (nSPS) is 42.8. The molecule has 0 aliphatic carbocycles. The van der Waals surface area contributed by atoms with Crippen LogP contribution in [-0.2, 0) is 19.7 Å². The quantitative estimate of drug-likeness (QED) is 0.536. The second kappa shape index (κ2) is 3.46. The van der Waals surface area contributed by atoms with Crippen LogP contribution in [0.25, 0.3) is 0 Å². The molecule has 4 heteroatoms. The van der Waals surface area contributed by atoms with Crippen molar-refractivity contribution in [1.82, 2.24) is 0 Å². The van der Waals surface area contributed by atoms with Crippen LogP contribution in [0.5, 0.6) is 0 Å². The van der Waals surface area contributed by atoms with Gasteiger partial charge in [0.2, 0.25) is 0 Å². The number of hydrogen-bond donors (Lipinski definition) is 0. The lowest BCUT2D eigenvalue weighted by Crippen LogP contribution is -2.09. The van der Waals surface area contributed by atoms with Gasteiger partial charge in [-0.3, -0.25) is 8.37 Å². The Morgan fingerprint density at radius 2 is 2.20 bits per heavy atom. The van der Waals surface area contributed by atoms with Crippen molar-refractivity contribution >= 4 is 11.4 Å². The monoisotopic (exact) mass is 164 g/mol. The highest BCUT2D eigenvalue weighted by molar-refractivity contribution is 7.75. The zero-order valence-corrected chi connectivity index (χ0v) is 7.02. The zero-order chi connectivity index (χ0) is 7.56. The van der Waals surface area contributed by atoms with Gasteiger partial charge >= 0.3 is 11.4 Å². The molecule has 0 aromatic heterocycles. The Morgan fingerprint density at radius 1 is 1.50 bits per heavy atom. The minimum absolute atomic E-state index is 0.0540. The molecule has 10 heavy (non-hydrogen) atoms. The smallest absolute Gasteiger partial charge is 0.268 e. The average Bonchev–Trinajstić information content (AvgIpc) is 1.93. The molecule has 0 aromatic carbocycles. The zero-order valence-electron chi connectivity index (χ0n) is 6.20. The van der Waals surface area contributed by atoms with Gasteiger partial charge in [0.25, 0.3) is 0 Å². The summed E-state index contributed by atoms with van der Waals surface area (Å²) in [5.74, 6) is 0.446. The predicted molar refractivity (Wildman–Crippen MR) is 38.4 cm³/mol. The summed E-state index contributed by atoms with van der Waals surface area (Å²) in [5.41, 5.74) is 0. The number of rotatable bonds is 0. The van der Waals surface area contributed by atoms with E-state index in [1.807, 2.05) is 6.92 Å². The van der Waals surface area contributed by atoms with Gasteiger partial charge in [-0.2, -0.15) is 4.21 Å². The van der Waals surface area contributed by atoms with Crippen molar-refractivity contribution in [3.8, 4) is 0 Å². The van der Waals surface area contributed by atoms with Gasteiger partial charge < -0.3 is 0 Å². The highest BCUT2D eigenvalue weighted by Gasteiger charge is 2.18. The molecule has 0 aromatic rings. The van der Waals surface area contributed by atoms with E-state index in [0.717, 1.165) is 6.42 Å². The minimum Gasteiger partial charge on any atom is -0.268 e. The van der Waals surface area contributed by atoms with Crippen LogP contribution in [0, 0.1) is 5.92 Å². The number of hydrogen-bond acceptors (Lipinski definition) is 3. The fourth-order valence-electron chi connectivity index (χ4n) is 1.01. The van der Waals surface area contributed by atoms with E-state index in [4.69, 9.17) is 8.37 Å². The second-order valence-corrected chi connectivity index (χ2v) is 3.57. The van der Waals surface area contributed by atoms with Crippen LogP contribution in [0.3, 0.4) is 0 Å². The molecule has 0 radical (unpaired) electrons. The summed E-state index contributed by atoms with van der Waals surface area (Å²) in [6.45, 7) is 4.50. The SMILES string of the molecule is CC1COS(=O)OC(C)C1. The largest absolute Gasteiger partial charge is 0.304 e. The van der Waals surface area contributed by atoms with Crippen molar-refractivity contribution < 1.29 is 12.6 Å². The third-order valence-electron chi connectivity index (χ3n) is 1.43. The molecule has 3 nitrogen and oxygen atoms in total. The van der Waals surface area contributed by atoms with Crippen molar-refractivity contribution in [2.24, 2.45) is 5.92 Å². The molecule has 1 aliphatic heterocycles. The maximum Gasteiger partial charge on any atom is 0.304 e. The van der Waals surface area contributed by atoms with Crippen LogP contribution in [-0.4, -0.2) is 16.9 Å². The summed E-state index contributed by atoms with van der Waals surface area (Å²) in [6, 6.07) is 0. The molecule has 0 bridgehead atoms. The van der Waals surface area contributed by atoms with Crippen LogP contribution in [0.2, 0.25) is 0 Å². The van der Waals surface area contributed by atoms with Gasteiger partial charge in [0.1, 0.15) is 0 Å². The predicted octanol–water partition coefficient (Wildman–Crippen LogP) is 1.03. The van der Waals surface area contributed by atoms with E-state index < -0.39 is 11.4 Å². The Labute approximate surface area is 63.6 Å². The minimum atomic E-state index is -1.51. The van der Waals surface area contributed by atoms with Gasteiger partial charge in [-0.25, -0.2) is 0 Å². The van der Waals surface area contributed by atoms with Gasteiger partial charge in [-0.15, -0.1) is 0 Å². The summed E-state index contributed by atoms with van der Waals surface area (Å²) in [7, 11) is 0. The van der Waals surface area contributed by atoms with E-state index in [1.165, 1.54) is 0 Å². The van der Waals surface area contributed by atoms with Crippen LogP contribution in [0.4, 0.5) is 0 Å². The molecule has 3 atom stereocenters. The van der Waals surface area contributed by atoms with Crippen molar-refractivity contribution in [2.45, 2.75) is 26.4 Å². The fourth-order valence-corrected chi connectivity index (χ4v) is 1.75. The lowest BCUT2D eigenvalue weighted by molar-refractivity contribution is 0.220. The highest BCUT2D eigenvalue weighted by atomic mass is 32.2. The Morgan fingerprint density at radius 3 is 2.90 bits per heavy atom. The Hall–Kier alpha value is 0.0700. The maximum atomic E-state index is 10.7. The van der Waals surface area contributed by atoms with E-state index in [0.29, 0.717) is 12.5 Å². The van der Waals surface area contributed by atoms with Crippen LogP contribution in [0.15, 0.2) is 0 Å². The van der Waals surface area contributed by atoms with E-state index in [1.54, 1.807) is 0 Å². The van der Waals surface area contributed by atoms with Crippen molar-refractivity contribution in [1.29, 1.82) is 0 Å². The molecule has 0 amide bonds. The molecular weight excluding hydrogens is 152 g/mol. The summed E-state index contributed by atoms with van der Waals surface area (Å²) < 4.78 is 20.5. The van der Waals surface area contributed by atoms with Gasteiger partial charge in [0.05, 0.1) is 12.7 Å². The van der Waals surface area contributed by atoms with Crippen molar-refractivity contribution in [2.75, 3.05) is 6.61 Å². The first-order valence-electron chi connectivity index (χ1n) is 3.40. The molecule has 60 valence electrons. The Kier molecular flexibility index (Phi) is 2.82. The standard InChI is InChI=1S/C6H12O3S/c1-5-3-6(2)9-10(7)8-4-5/h5-6H,3-4H2,1-2H3. The molecule has 1 rings (SSSR count). The van der Waals surface area contributed by atoms with E-state index >= 15 is 0 Å². The molecule has 1 saturated heterocycles. The van der Waals surface area contributed by atoms with Crippen LogP contribution >= 0.6 is 0 Å². The molecule has 0 N–H and O–H groups in total. The van der Waals surface area contributed by atoms with Crippen molar-refractivity contribution in [3.05, 3.63) is 0 Å². The maximum absolute atomic E-state index is 10.7. The lowest BCUT2D eigenvalue weighted by atomic mass is 10.1. The Bertz CT molecular complexity index is 137. The van der Waals surface area contributed by atoms with Crippen LogP contribution < -0.4 is 0 Å². The van der Waals surface area contributed by atoms with Crippen molar-refractivity contribution in [3.63, 3.8) is 0 Å². The molecule has 0 saturated carbocycles. The van der Waals surface area contributed by atoms with Gasteiger partial charge in [0, 0.05) is 0 Å². The van der Waals surface area contributed by atoms with E-state index in [9.17, 15) is 4.21 Å². The summed E-state index contributed by atoms with van der Waals surface area (Å²) in [4.78, 5) is 0. The van der Waals surface area contributed by atoms with E-state index in [2.05, 4.69) is 6.92 Å². The van der Waals surface area contributed by atoms with Crippen LogP contribution in [0.1, 0.15) is 20.3 Å². The van der Waals surface area contributed by atoms with Gasteiger partial charge in [-0.1, -0.05) is 6.92 Å². The first-order valence-corrected chi connectivity index (χ1v) is 4.40. The fraction of sp³-hybridized carbons (Fsp3) is 1.00. The molecule has 0 spiro atoms. The third kappa shape index (κ3) is 2.36. The lowest BCUT2D eigenvalue weighted by Gasteiger charge is -2.07. The molecule has 3 unspecified atom stereocenters. The molecule has 1 fully saturated rings.